The fourth-order valence-electron chi connectivity index (χ4n) is 1.90. The first-order chi connectivity index (χ1) is 8.30. The van der Waals surface area contributed by atoms with E-state index in [4.69, 9.17) is 0 Å². The van der Waals surface area contributed by atoms with Crippen LogP contribution in [-0.4, -0.2) is 28.3 Å². The predicted octanol–water partition coefficient (Wildman–Crippen LogP) is 1.53. The van der Waals surface area contributed by atoms with Crippen molar-refractivity contribution in [3.05, 3.63) is 40.8 Å². The first-order valence-electron chi connectivity index (χ1n) is 5.54. The van der Waals surface area contributed by atoms with Crippen LogP contribution < -0.4 is 0 Å². The van der Waals surface area contributed by atoms with Crippen LogP contribution in [0.15, 0.2) is 29.7 Å². The summed E-state index contributed by atoms with van der Waals surface area (Å²) in [5, 5.41) is 0.907. The summed E-state index contributed by atoms with van der Waals surface area (Å²) in [6, 6.07) is 6.86. The summed E-state index contributed by atoms with van der Waals surface area (Å²) < 4.78 is 47.5. The van der Waals surface area contributed by atoms with Gasteiger partial charge in [0.15, 0.2) is 19.7 Å². The second-order valence-corrected chi connectivity index (χ2v) is 8.44. The lowest BCUT2D eigenvalue weighted by atomic mass is 10.1. The molecule has 6 heteroatoms. The average Bonchev–Trinajstić information content (AvgIpc) is 2.35. The quantitative estimate of drug-likeness (QED) is 0.785. The third kappa shape index (κ3) is 2.81. The molecule has 0 unspecified atom stereocenters. The molecule has 0 aromatic heterocycles. The van der Waals surface area contributed by atoms with Gasteiger partial charge in [-0.3, -0.25) is 0 Å². The van der Waals surface area contributed by atoms with Crippen molar-refractivity contribution in [2.75, 3.05) is 11.5 Å². The number of benzene rings is 1. The topological polar surface area (TPSA) is 68.3 Å². The van der Waals surface area contributed by atoms with E-state index in [-0.39, 0.29) is 22.8 Å². The van der Waals surface area contributed by atoms with Crippen molar-refractivity contribution < 1.29 is 16.8 Å². The lowest BCUT2D eigenvalue weighted by molar-refractivity contribution is 0.602. The lowest BCUT2D eigenvalue weighted by Crippen LogP contribution is -2.07. The maximum Gasteiger partial charge on any atom is 0.179 e. The molecule has 0 fully saturated rings. The van der Waals surface area contributed by atoms with Crippen molar-refractivity contribution in [2.24, 2.45) is 0 Å². The molecule has 1 aliphatic heterocycles. The van der Waals surface area contributed by atoms with Crippen LogP contribution in [-0.2, 0) is 19.7 Å². The molecular formula is C12H14O4S2. The van der Waals surface area contributed by atoms with Crippen molar-refractivity contribution in [1.29, 1.82) is 0 Å². The van der Waals surface area contributed by atoms with E-state index in [1.165, 1.54) is 0 Å². The molecule has 0 bridgehead atoms. The lowest BCUT2D eigenvalue weighted by Gasteiger charge is -2.07. The molecule has 1 aromatic carbocycles. The molecule has 0 saturated carbocycles. The molecule has 1 heterocycles. The van der Waals surface area contributed by atoms with Gasteiger partial charge in [0.25, 0.3) is 0 Å². The Bertz CT molecular complexity index is 697. The van der Waals surface area contributed by atoms with Gasteiger partial charge in [-0.05, 0) is 18.9 Å². The number of hydrogen-bond donors (Lipinski definition) is 0. The van der Waals surface area contributed by atoms with E-state index in [1.807, 2.05) is 13.0 Å². The van der Waals surface area contributed by atoms with Gasteiger partial charge in [0.2, 0.25) is 0 Å². The Balaban J connectivity index is 2.67. The second-order valence-electron chi connectivity index (χ2n) is 4.39. The van der Waals surface area contributed by atoms with Crippen molar-refractivity contribution in [1.82, 2.24) is 0 Å². The van der Waals surface area contributed by atoms with Crippen LogP contribution in [0.1, 0.15) is 17.5 Å². The van der Waals surface area contributed by atoms with E-state index in [9.17, 15) is 16.8 Å². The summed E-state index contributed by atoms with van der Waals surface area (Å²) in [5.74, 6) is -0.229. The molecule has 0 aliphatic carbocycles. The van der Waals surface area contributed by atoms with Crippen LogP contribution in [0.25, 0.3) is 4.91 Å². The number of sulfone groups is 2. The second kappa shape index (κ2) is 4.51. The smallest absolute Gasteiger partial charge is 0.179 e. The molecule has 2 rings (SSSR count). The molecule has 98 valence electrons. The highest BCUT2D eigenvalue weighted by molar-refractivity contribution is 8.03. The Hall–Kier alpha value is -1.14. The van der Waals surface area contributed by atoms with E-state index in [0.29, 0.717) is 5.56 Å². The molecule has 0 saturated heterocycles. The van der Waals surface area contributed by atoms with Gasteiger partial charge in [-0.25, -0.2) is 16.8 Å². The van der Waals surface area contributed by atoms with E-state index in [2.05, 4.69) is 0 Å². The Morgan fingerprint density at radius 1 is 1.06 bits per heavy atom. The van der Waals surface area contributed by atoms with Crippen LogP contribution in [0.5, 0.6) is 0 Å². The van der Waals surface area contributed by atoms with E-state index in [1.54, 1.807) is 18.2 Å². The Morgan fingerprint density at radius 2 is 1.78 bits per heavy atom. The van der Waals surface area contributed by atoms with Crippen molar-refractivity contribution in [3.63, 3.8) is 0 Å². The molecule has 0 amide bonds. The highest BCUT2D eigenvalue weighted by Crippen LogP contribution is 2.27. The molecule has 0 radical (unpaired) electrons. The molecule has 4 nitrogen and oxygen atoms in total. The monoisotopic (exact) mass is 286 g/mol. The minimum Gasteiger partial charge on any atom is -0.224 e. The molecule has 0 spiro atoms. The maximum absolute atomic E-state index is 12.1. The summed E-state index contributed by atoms with van der Waals surface area (Å²) in [4.78, 5) is -0.0799. The fraction of sp³-hybridized carbons (Fsp3) is 0.333. The van der Waals surface area contributed by atoms with Gasteiger partial charge in [-0.1, -0.05) is 29.8 Å². The number of hydrogen-bond acceptors (Lipinski definition) is 4. The van der Waals surface area contributed by atoms with Gasteiger partial charge >= 0.3 is 0 Å². The van der Waals surface area contributed by atoms with Gasteiger partial charge in [-0.15, -0.1) is 0 Å². The van der Waals surface area contributed by atoms with Crippen LogP contribution in [0, 0.1) is 6.92 Å². The summed E-state index contributed by atoms with van der Waals surface area (Å²) in [7, 11) is -6.96. The third-order valence-electron chi connectivity index (χ3n) is 2.77. The van der Waals surface area contributed by atoms with Crippen molar-refractivity contribution >= 4 is 24.6 Å². The Morgan fingerprint density at radius 3 is 2.44 bits per heavy atom. The van der Waals surface area contributed by atoms with Gasteiger partial charge in [-0.2, -0.15) is 0 Å². The molecule has 18 heavy (non-hydrogen) atoms. The zero-order valence-corrected chi connectivity index (χ0v) is 11.6. The normalized spacial score (nSPS) is 21.9. The highest BCUT2D eigenvalue weighted by atomic mass is 32.2. The summed E-state index contributed by atoms with van der Waals surface area (Å²) >= 11 is 0. The van der Waals surface area contributed by atoms with Crippen LogP contribution in [0.2, 0.25) is 0 Å². The fourth-order valence-corrected chi connectivity index (χ4v) is 5.47. The Labute approximate surface area is 107 Å². The number of rotatable bonds is 1. The standard InChI is InChI=1S/C12H14O4S2/c1-10-4-2-5-11(8-10)12-9-17(13,14)6-3-7-18(12,15)16/h2,4-5,8-9H,3,6-7H2,1H3. The zero-order valence-electron chi connectivity index (χ0n) is 9.96. The first-order valence-corrected chi connectivity index (χ1v) is 8.91. The summed E-state index contributed by atoms with van der Waals surface area (Å²) in [6.45, 7) is 1.84. The van der Waals surface area contributed by atoms with E-state index in [0.717, 1.165) is 11.0 Å². The van der Waals surface area contributed by atoms with Gasteiger partial charge in [0.05, 0.1) is 16.4 Å². The molecule has 0 N–H and O–H groups in total. The number of aryl methyl sites for hydroxylation is 1. The SMILES string of the molecule is Cc1cccc(C2=CS(=O)(=O)CCCS2(=O)=O)c1. The molecule has 0 atom stereocenters. The van der Waals surface area contributed by atoms with Crippen molar-refractivity contribution in [3.8, 4) is 0 Å². The predicted molar refractivity (Wildman–Crippen MR) is 71.3 cm³/mol. The Kier molecular flexibility index (Phi) is 3.33. The highest BCUT2D eigenvalue weighted by Gasteiger charge is 2.26. The van der Waals surface area contributed by atoms with Crippen LogP contribution in [0.4, 0.5) is 0 Å². The molecule has 1 aromatic rings. The van der Waals surface area contributed by atoms with Gasteiger partial charge in [0.1, 0.15) is 0 Å². The van der Waals surface area contributed by atoms with Gasteiger partial charge < -0.3 is 0 Å². The maximum atomic E-state index is 12.1. The molecular weight excluding hydrogens is 272 g/mol. The summed E-state index contributed by atoms with van der Waals surface area (Å²) in [6.07, 6.45) is 0.149. The molecule has 1 aliphatic rings. The summed E-state index contributed by atoms with van der Waals surface area (Å²) in [5.41, 5.74) is 1.34. The average molecular weight is 286 g/mol. The first kappa shape index (κ1) is 13.3. The largest absolute Gasteiger partial charge is 0.224 e. The van der Waals surface area contributed by atoms with Gasteiger partial charge in [0, 0.05) is 5.41 Å². The van der Waals surface area contributed by atoms with Crippen LogP contribution >= 0.6 is 0 Å². The minimum atomic E-state index is -3.52. The van der Waals surface area contributed by atoms with E-state index < -0.39 is 19.7 Å². The van der Waals surface area contributed by atoms with E-state index >= 15 is 0 Å². The third-order valence-corrected chi connectivity index (χ3v) is 6.22. The zero-order chi connectivity index (χ0) is 13.4. The van der Waals surface area contributed by atoms with Crippen molar-refractivity contribution in [2.45, 2.75) is 13.3 Å². The van der Waals surface area contributed by atoms with Crippen LogP contribution in [0.3, 0.4) is 0 Å². The minimum absolute atomic E-state index is 0.0799.